The monoisotopic (exact) mass is 505 g/mol. The van der Waals surface area contributed by atoms with E-state index in [0.29, 0.717) is 6.42 Å². The number of sulfonamides is 1. The average molecular weight is 506 g/mol. The summed E-state index contributed by atoms with van der Waals surface area (Å²) in [5, 5.41) is 2.96. The van der Waals surface area contributed by atoms with Gasteiger partial charge in [-0.15, -0.1) is 0 Å². The summed E-state index contributed by atoms with van der Waals surface area (Å²) in [5.74, 6) is -1.13. The van der Waals surface area contributed by atoms with E-state index in [1.54, 1.807) is 11.0 Å². The zero-order chi connectivity index (χ0) is 26.0. The first-order valence-corrected chi connectivity index (χ1v) is 13.8. The first-order chi connectivity index (χ1) is 16.6. The van der Waals surface area contributed by atoms with E-state index < -0.39 is 21.9 Å². The molecule has 0 fully saturated rings. The number of hydrogen-bond acceptors (Lipinski definition) is 4. The van der Waals surface area contributed by atoms with Crippen LogP contribution >= 0.6 is 0 Å². The molecule has 2 amide bonds. The van der Waals surface area contributed by atoms with Crippen LogP contribution in [0.3, 0.4) is 0 Å². The van der Waals surface area contributed by atoms with Gasteiger partial charge in [0.1, 0.15) is 11.9 Å². The summed E-state index contributed by atoms with van der Waals surface area (Å²) < 4.78 is 39.9. The first-order valence-electron chi connectivity index (χ1n) is 11.9. The second-order valence-electron chi connectivity index (χ2n) is 8.64. The minimum atomic E-state index is -3.75. The van der Waals surface area contributed by atoms with Crippen LogP contribution in [-0.2, 0) is 26.2 Å². The predicted molar refractivity (Wildman–Crippen MR) is 137 cm³/mol. The van der Waals surface area contributed by atoms with Crippen molar-refractivity contribution in [2.75, 3.05) is 17.1 Å². The third kappa shape index (κ3) is 8.35. The van der Waals surface area contributed by atoms with Crippen LogP contribution in [0.25, 0.3) is 0 Å². The molecule has 2 aromatic carbocycles. The number of halogens is 1. The van der Waals surface area contributed by atoms with Gasteiger partial charge in [0, 0.05) is 25.6 Å². The van der Waals surface area contributed by atoms with E-state index in [4.69, 9.17) is 0 Å². The van der Waals surface area contributed by atoms with Gasteiger partial charge in [-0.05, 0) is 43.9 Å². The number of nitrogens with one attached hydrogen (secondary N) is 1. The maximum absolute atomic E-state index is 14.3. The molecule has 192 valence electrons. The lowest BCUT2D eigenvalue weighted by molar-refractivity contribution is -0.141. The van der Waals surface area contributed by atoms with Crippen molar-refractivity contribution in [2.24, 2.45) is 0 Å². The van der Waals surface area contributed by atoms with E-state index in [1.165, 1.54) is 18.2 Å². The molecule has 0 bridgehead atoms. The molecule has 2 rings (SSSR count). The molecule has 2 atom stereocenters. The van der Waals surface area contributed by atoms with Crippen molar-refractivity contribution in [3.63, 3.8) is 0 Å². The van der Waals surface area contributed by atoms with Crippen molar-refractivity contribution in [2.45, 2.75) is 65.1 Å². The van der Waals surface area contributed by atoms with Gasteiger partial charge in [-0.3, -0.25) is 13.9 Å². The molecular weight excluding hydrogens is 469 g/mol. The Hall–Kier alpha value is -2.94. The molecule has 0 spiro atoms. The third-order valence-corrected chi connectivity index (χ3v) is 7.04. The number of hydrogen-bond donors (Lipinski definition) is 1. The number of amides is 2. The summed E-state index contributed by atoms with van der Waals surface area (Å²) in [6, 6.07) is 14.4. The topological polar surface area (TPSA) is 86.8 Å². The summed E-state index contributed by atoms with van der Waals surface area (Å²) >= 11 is 0. The maximum Gasteiger partial charge on any atom is 0.243 e. The first kappa shape index (κ1) is 28.3. The van der Waals surface area contributed by atoms with Crippen molar-refractivity contribution in [3.05, 3.63) is 66.0 Å². The second-order valence-corrected chi connectivity index (χ2v) is 10.5. The van der Waals surface area contributed by atoms with Crippen LogP contribution in [-0.4, -0.2) is 50.0 Å². The lowest BCUT2D eigenvalue weighted by Crippen LogP contribution is -2.50. The molecule has 0 radical (unpaired) electrons. The molecule has 35 heavy (non-hydrogen) atoms. The van der Waals surface area contributed by atoms with Crippen molar-refractivity contribution >= 4 is 27.5 Å². The summed E-state index contributed by atoms with van der Waals surface area (Å²) in [4.78, 5) is 27.9. The lowest BCUT2D eigenvalue weighted by Gasteiger charge is -2.32. The van der Waals surface area contributed by atoms with E-state index >= 15 is 0 Å². The van der Waals surface area contributed by atoms with Gasteiger partial charge < -0.3 is 10.2 Å². The van der Waals surface area contributed by atoms with E-state index in [9.17, 15) is 22.4 Å². The van der Waals surface area contributed by atoms with Gasteiger partial charge in [0.2, 0.25) is 21.8 Å². The predicted octanol–water partition coefficient (Wildman–Crippen LogP) is 4.09. The van der Waals surface area contributed by atoms with Crippen molar-refractivity contribution in [1.29, 1.82) is 0 Å². The fraction of sp³-hybridized carbons (Fsp3) is 0.462. The Morgan fingerprint density at radius 1 is 1.00 bits per heavy atom. The number of carbonyl (C=O) groups is 2. The molecule has 0 aliphatic heterocycles. The van der Waals surface area contributed by atoms with Crippen LogP contribution in [0.1, 0.15) is 52.0 Å². The van der Waals surface area contributed by atoms with Gasteiger partial charge >= 0.3 is 0 Å². The summed E-state index contributed by atoms with van der Waals surface area (Å²) in [7, 11) is -3.75. The Morgan fingerprint density at radius 3 is 2.20 bits per heavy atom. The molecule has 0 aliphatic carbocycles. The molecule has 0 saturated carbocycles. The molecule has 0 aromatic heterocycles. The van der Waals surface area contributed by atoms with Crippen LogP contribution in [0.2, 0.25) is 0 Å². The minimum Gasteiger partial charge on any atom is -0.352 e. The number of rotatable bonds is 13. The Labute approximate surface area is 208 Å². The molecule has 2 aromatic rings. The van der Waals surface area contributed by atoms with Crippen LogP contribution < -0.4 is 9.62 Å². The largest absolute Gasteiger partial charge is 0.352 e. The number of carbonyl (C=O) groups excluding carboxylic acids is 2. The fourth-order valence-corrected chi connectivity index (χ4v) is 4.74. The quantitative estimate of drug-likeness (QED) is 0.444. The zero-order valence-electron chi connectivity index (χ0n) is 20.9. The molecular formula is C26H36FN3O4S. The van der Waals surface area contributed by atoms with E-state index in [-0.39, 0.29) is 49.5 Å². The Bertz CT molecular complexity index is 1080. The van der Waals surface area contributed by atoms with E-state index in [0.717, 1.165) is 22.5 Å². The van der Waals surface area contributed by atoms with Crippen molar-refractivity contribution < 1.29 is 22.4 Å². The van der Waals surface area contributed by atoms with Gasteiger partial charge in [0.05, 0.1) is 11.9 Å². The van der Waals surface area contributed by atoms with Gasteiger partial charge in [0.15, 0.2) is 0 Å². The van der Waals surface area contributed by atoms with Crippen molar-refractivity contribution in [3.8, 4) is 0 Å². The summed E-state index contributed by atoms with van der Waals surface area (Å²) in [6.07, 6.45) is 2.41. The van der Waals surface area contributed by atoms with Crippen LogP contribution in [0, 0.1) is 5.82 Å². The minimum absolute atomic E-state index is 0.0143. The van der Waals surface area contributed by atoms with Gasteiger partial charge in [-0.2, -0.15) is 0 Å². The highest BCUT2D eigenvalue weighted by atomic mass is 32.2. The Balaban J connectivity index is 2.20. The molecule has 2 unspecified atom stereocenters. The van der Waals surface area contributed by atoms with Crippen LogP contribution in [0.4, 0.5) is 10.1 Å². The summed E-state index contributed by atoms with van der Waals surface area (Å²) in [6.45, 7) is 5.95. The number of benzene rings is 2. The van der Waals surface area contributed by atoms with Crippen LogP contribution in [0.15, 0.2) is 54.6 Å². The van der Waals surface area contributed by atoms with Gasteiger partial charge in [-0.1, -0.05) is 56.3 Å². The second kappa shape index (κ2) is 13.2. The van der Waals surface area contributed by atoms with Crippen molar-refractivity contribution in [1.82, 2.24) is 10.2 Å². The highest BCUT2D eigenvalue weighted by Gasteiger charge is 2.29. The highest BCUT2D eigenvalue weighted by Crippen LogP contribution is 2.22. The van der Waals surface area contributed by atoms with Crippen LogP contribution in [0.5, 0.6) is 0 Å². The highest BCUT2D eigenvalue weighted by molar-refractivity contribution is 7.92. The third-order valence-electron chi connectivity index (χ3n) is 5.86. The number of nitrogens with zero attached hydrogens (tertiary/aromatic N) is 2. The lowest BCUT2D eigenvalue weighted by atomic mass is 10.1. The molecule has 0 saturated heterocycles. The molecule has 9 heteroatoms. The van der Waals surface area contributed by atoms with Gasteiger partial charge in [0.25, 0.3) is 0 Å². The summed E-state index contributed by atoms with van der Waals surface area (Å²) in [5.41, 5.74) is 0.836. The Morgan fingerprint density at radius 2 is 1.63 bits per heavy atom. The SMILES string of the molecule is CCC(C)NC(=O)C(CC)N(Cc1ccccc1)C(=O)CCCN(c1ccccc1F)S(C)(=O)=O. The Kier molecular flexibility index (Phi) is 10.7. The molecule has 1 N–H and O–H groups in total. The zero-order valence-corrected chi connectivity index (χ0v) is 21.7. The number of para-hydroxylation sites is 1. The fourth-order valence-electron chi connectivity index (χ4n) is 3.78. The molecule has 0 aliphatic rings. The normalized spacial score (nSPS) is 13.1. The smallest absolute Gasteiger partial charge is 0.243 e. The molecule has 7 nitrogen and oxygen atoms in total. The average Bonchev–Trinajstić information content (AvgIpc) is 2.82. The van der Waals surface area contributed by atoms with E-state index in [1.807, 2.05) is 51.1 Å². The van der Waals surface area contributed by atoms with E-state index in [2.05, 4.69) is 5.32 Å². The number of anilines is 1. The standard InChI is InChI=1S/C26H36FN3O4S/c1-5-20(3)28-26(32)23(6-2)29(19-21-13-8-7-9-14-21)25(31)17-12-18-30(35(4,33)34)24-16-11-10-15-22(24)27/h7-11,13-16,20,23H,5-6,12,17-19H2,1-4H3,(H,28,32). The maximum atomic E-state index is 14.3. The van der Waals surface area contributed by atoms with Gasteiger partial charge in [-0.25, -0.2) is 12.8 Å². The molecule has 0 heterocycles.